The van der Waals surface area contributed by atoms with Crippen molar-refractivity contribution in [1.82, 2.24) is 4.90 Å². The van der Waals surface area contributed by atoms with Crippen LogP contribution in [0.4, 0.5) is 0 Å². The Morgan fingerprint density at radius 3 is 2.70 bits per heavy atom. The van der Waals surface area contributed by atoms with Gasteiger partial charge in [-0.1, -0.05) is 42.5 Å². The molecule has 2 aromatic carbocycles. The van der Waals surface area contributed by atoms with Crippen LogP contribution in [0.1, 0.15) is 42.4 Å². The summed E-state index contributed by atoms with van der Waals surface area (Å²) in [6.45, 7) is 4.34. The first-order valence-corrected chi connectivity index (χ1v) is 11.1. The summed E-state index contributed by atoms with van der Waals surface area (Å²) in [4.78, 5) is 2.64. The van der Waals surface area contributed by atoms with Crippen LogP contribution in [0.25, 0.3) is 10.1 Å². The van der Waals surface area contributed by atoms with E-state index in [2.05, 4.69) is 58.8 Å². The fraction of sp³-hybridized carbons (Fsp3) is 0.417. The summed E-state index contributed by atoms with van der Waals surface area (Å²) in [6, 6.07) is 17.6. The first-order valence-electron chi connectivity index (χ1n) is 10.2. The minimum Gasteiger partial charge on any atom is -0.365 e. The molecule has 140 valence electrons. The topological polar surface area (TPSA) is 12.5 Å². The average Bonchev–Trinajstić information content (AvgIpc) is 3.29. The zero-order valence-electron chi connectivity index (χ0n) is 15.8. The Labute approximate surface area is 165 Å². The van der Waals surface area contributed by atoms with E-state index in [1.54, 1.807) is 0 Å². The normalized spacial score (nSPS) is 19.0. The Bertz CT molecular complexity index is 923. The number of piperidine rings is 1. The highest BCUT2D eigenvalue weighted by atomic mass is 32.1. The number of benzene rings is 2. The third-order valence-corrected chi connectivity index (χ3v) is 7.42. The molecular weight excluding hydrogens is 350 g/mol. The molecule has 3 heterocycles. The lowest BCUT2D eigenvalue weighted by Crippen LogP contribution is -2.42. The summed E-state index contributed by atoms with van der Waals surface area (Å²) < 4.78 is 7.71. The van der Waals surface area contributed by atoms with Gasteiger partial charge in [-0.05, 0) is 72.2 Å². The summed E-state index contributed by atoms with van der Waals surface area (Å²) in [5.41, 5.74) is 4.38. The molecule has 3 heteroatoms. The molecule has 2 nitrogen and oxygen atoms in total. The van der Waals surface area contributed by atoms with Gasteiger partial charge < -0.3 is 9.64 Å². The Morgan fingerprint density at radius 2 is 1.78 bits per heavy atom. The van der Waals surface area contributed by atoms with Gasteiger partial charge in [0.05, 0.1) is 12.2 Å². The van der Waals surface area contributed by atoms with Crippen molar-refractivity contribution in [2.75, 3.05) is 19.6 Å². The Balaban J connectivity index is 1.11. The van der Waals surface area contributed by atoms with Gasteiger partial charge in [0.15, 0.2) is 0 Å². The molecule has 1 aromatic heterocycles. The van der Waals surface area contributed by atoms with Crippen molar-refractivity contribution in [1.29, 1.82) is 0 Å². The molecule has 0 unspecified atom stereocenters. The fourth-order valence-corrected chi connectivity index (χ4v) is 5.81. The van der Waals surface area contributed by atoms with Crippen LogP contribution in [-0.2, 0) is 23.4 Å². The third kappa shape index (κ3) is 3.33. The van der Waals surface area contributed by atoms with E-state index >= 15 is 0 Å². The van der Waals surface area contributed by atoms with Crippen molar-refractivity contribution >= 4 is 21.4 Å². The minimum absolute atomic E-state index is 0.00266. The summed E-state index contributed by atoms with van der Waals surface area (Å²) in [5, 5.41) is 3.81. The van der Waals surface area contributed by atoms with E-state index < -0.39 is 0 Å². The second kappa shape index (κ2) is 7.38. The fourth-order valence-electron chi connectivity index (χ4n) is 4.81. The van der Waals surface area contributed by atoms with E-state index in [0.717, 1.165) is 32.5 Å². The predicted octanol–water partition coefficient (Wildman–Crippen LogP) is 5.75. The molecule has 1 fully saturated rings. The van der Waals surface area contributed by atoms with Gasteiger partial charge in [-0.25, -0.2) is 0 Å². The number of likely N-dealkylation sites (tertiary alicyclic amines) is 1. The first kappa shape index (κ1) is 17.4. The van der Waals surface area contributed by atoms with Crippen LogP contribution in [-0.4, -0.2) is 24.5 Å². The van der Waals surface area contributed by atoms with Crippen LogP contribution < -0.4 is 0 Å². The maximum atomic E-state index is 6.29. The molecule has 0 atom stereocenters. The van der Waals surface area contributed by atoms with Crippen LogP contribution in [0, 0.1) is 0 Å². The van der Waals surface area contributed by atoms with Crippen molar-refractivity contribution in [3.63, 3.8) is 0 Å². The number of fused-ring (bicyclic) bond motifs is 3. The van der Waals surface area contributed by atoms with Crippen molar-refractivity contribution in [3.05, 3.63) is 70.6 Å². The van der Waals surface area contributed by atoms with Crippen LogP contribution in [0.3, 0.4) is 0 Å². The molecule has 2 aliphatic heterocycles. The maximum absolute atomic E-state index is 6.29. The second-order valence-electron chi connectivity index (χ2n) is 8.00. The number of hydrogen-bond donors (Lipinski definition) is 0. The van der Waals surface area contributed by atoms with Gasteiger partial charge in [0.25, 0.3) is 0 Å². The van der Waals surface area contributed by atoms with Gasteiger partial charge in [-0.2, -0.15) is 0 Å². The zero-order valence-corrected chi connectivity index (χ0v) is 16.6. The van der Waals surface area contributed by atoms with Crippen LogP contribution >= 0.6 is 11.3 Å². The summed E-state index contributed by atoms with van der Waals surface area (Å²) in [7, 11) is 0. The molecule has 1 spiro atoms. The van der Waals surface area contributed by atoms with Crippen LogP contribution in [0.5, 0.6) is 0 Å². The number of hydrogen-bond acceptors (Lipinski definition) is 3. The highest BCUT2D eigenvalue weighted by molar-refractivity contribution is 7.17. The first-order chi connectivity index (χ1) is 13.3. The van der Waals surface area contributed by atoms with Crippen molar-refractivity contribution < 1.29 is 4.74 Å². The van der Waals surface area contributed by atoms with Crippen molar-refractivity contribution in [2.24, 2.45) is 0 Å². The highest BCUT2D eigenvalue weighted by Gasteiger charge is 2.42. The van der Waals surface area contributed by atoms with E-state index in [0.29, 0.717) is 0 Å². The highest BCUT2D eigenvalue weighted by Crippen LogP contribution is 2.43. The van der Waals surface area contributed by atoms with Crippen molar-refractivity contribution in [2.45, 2.75) is 44.3 Å². The van der Waals surface area contributed by atoms with Crippen LogP contribution in [0.2, 0.25) is 0 Å². The number of nitrogens with zero attached hydrogens (tertiary/aromatic N) is 1. The maximum Gasteiger partial charge on any atom is 0.0963 e. The standard InChI is InChI=1S/C24H27NOS/c1-3-10-22-19(7-1)17-26-24(22)12-15-25(16-13-24)14-6-5-8-20-18-27-23-11-4-2-9-21(20)23/h1-4,7,9-11,18H,5-6,8,12-17H2. The monoisotopic (exact) mass is 377 g/mol. The lowest BCUT2D eigenvalue weighted by atomic mass is 9.84. The lowest BCUT2D eigenvalue weighted by Gasteiger charge is -2.39. The summed E-state index contributed by atoms with van der Waals surface area (Å²) in [5.74, 6) is 0. The smallest absolute Gasteiger partial charge is 0.0963 e. The van der Waals surface area contributed by atoms with Gasteiger partial charge in [-0.3, -0.25) is 0 Å². The minimum atomic E-state index is 0.00266. The SMILES string of the molecule is c1ccc2c(c1)COC21CCN(CCCCc2csc3ccccc23)CC1. The average molecular weight is 378 g/mol. The molecule has 0 N–H and O–H groups in total. The molecule has 0 radical (unpaired) electrons. The van der Waals surface area contributed by atoms with E-state index in [1.807, 2.05) is 11.3 Å². The van der Waals surface area contributed by atoms with Gasteiger partial charge >= 0.3 is 0 Å². The number of rotatable bonds is 5. The van der Waals surface area contributed by atoms with E-state index in [4.69, 9.17) is 4.74 Å². The number of unbranched alkanes of at least 4 members (excludes halogenated alkanes) is 1. The lowest BCUT2D eigenvalue weighted by molar-refractivity contribution is -0.0788. The quantitative estimate of drug-likeness (QED) is 0.525. The summed E-state index contributed by atoms with van der Waals surface area (Å²) >= 11 is 1.88. The van der Waals surface area contributed by atoms with Gasteiger partial charge in [0.2, 0.25) is 0 Å². The largest absolute Gasteiger partial charge is 0.365 e. The molecule has 3 aromatic rings. The van der Waals surface area contributed by atoms with Gasteiger partial charge in [0.1, 0.15) is 0 Å². The predicted molar refractivity (Wildman–Crippen MR) is 113 cm³/mol. The molecule has 0 amide bonds. The molecule has 27 heavy (non-hydrogen) atoms. The molecule has 0 saturated carbocycles. The number of aryl methyl sites for hydroxylation is 1. The molecule has 1 saturated heterocycles. The van der Waals surface area contributed by atoms with E-state index in [1.165, 1.54) is 52.6 Å². The molecular formula is C24H27NOS. The Hall–Kier alpha value is -1.68. The zero-order chi connectivity index (χ0) is 18.1. The molecule has 2 aliphatic rings. The van der Waals surface area contributed by atoms with E-state index in [-0.39, 0.29) is 5.60 Å². The van der Waals surface area contributed by atoms with Gasteiger partial charge in [-0.15, -0.1) is 11.3 Å². The third-order valence-electron chi connectivity index (χ3n) is 6.41. The molecule has 0 aliphatic carbocycles. The Kier molecular flexibility index (Phi) is 4.76. The molecule has 0 bridgehead atoms. The number of thiophene rings is 1. The second-order valence-corrected chi connectivity index (χ2v) is 8.91. The van der Waals surface area contributed by atoms with Crippen molar-refractivity contribution in [3.8, 4) is 0 Å². The van der Waals surface area contributed by atoms with E-state index in [9.17, 15) is 0 Å². The number of ether oxygens (including phenoxy) is 1. The summed E-state index contributed by atoms with van der Waals surface area (Å²) in [6.07, 6.45) is 6.05. The van der Waals surface area contributed by atoms with Crippen LogP contribution in [0.15, 0.2) is 53.9 Å². The van der Waals surface area contributed by atoms with Gasteiger partial charge in [0, 0.05) is 17.8 Å². The Morgan fingerprint density at radius 1 is 0.963 bits per heavy atom. The molecule has 5 rings (SSSR count).